The van der Waals surface area contributed by atoms with E-state index >= 15 is 0 Å². The predicted octanol–water partition coefficient (Wildman–Crippen LogP) is 4.86. The van der Waals surface area contributed by atoms with Gasteiger partial charge in [-0.25, -0.2) is 4.79 Å². The number of fused-ring (bicyclic) bond motifs is 1. The van der Waals surface area contributed by atoms with Crippen molar-refractivity contribution in [2.45, 2.75) is 70.7 Å². The number of amides is 3. The van der Waals surface area contributed by atoms with Gasteiger partial charge >= 0.3 is 6.09 Å². The van der Waals surface area contributed by atoms with Crippen LogP contribution < -0.4 is 10.6 Å². The van der Waals surface area contributed by atoms with E-state index in [0.717, 1.165) is 17.3 Å². The number of aromatic nitrogens is 1. The molecule has 1 aliphatic rings. The highest BCUT2D eigenvalue weighted by atomic mass is 16.6. The molecule has 2 N–H and O–H groups in total. The van der Waals surface area contributed by atoms with Gasteiger partial charge in [0.2, 0.25) is 11.8 Å². The third kappa shape index (κ3) is 8.07. The minimum atomic E-state index is -1.03. The van der Waals surface area contributed by atoms with Crippen LogP contribution in [0.5, 0.6) is 0 Å². The minimum absolute atomic E-state index is 0.0778. The smallest absolute Gasteiger partial charge is 0.410 e. The number of ether oxygens (including phenoxy) is 2. The van der Waals surface area contributed by atoms with E-state index in [1.807, 2.05) is 24.3 Å². The van der Waals surface area contributed by atoms with Crippen molar-refractivity contribution in [3.63, 3.8) is 0 Å². The van der Waals surface area contributed by atoms with E-state index in [2.05, 4.69) is 15.6 Å². The molecule has 1 fully saturated rings. The first kappa shape index (κ1) is 32.3. The van der Waals surface area contributed by atoms with Crippen LogP contribution in [0.4, 0.5) is 16.2 Å². The second kappa shape index (κ2) is 13.8. The number of nitrogens with one attached hydrogen (secondary N) is 2. The van der Waals surface area contributed by atoms with Gasteiger partial charge in [0.05, 0.1) is 40.4 Å². The molecule has 12 heteroatoms. The van der Waals surface area contributed by atoms with Crippen LogP contribution >= 0.6 is 0 Å². The zero-order valence-electron chi connectivity index (χ0n) is 25.6. The topological polar surface area (TPSA) is 153 Å². The van der Waals surface area contributed by atoms with Gasteiger partial charge in [-0.2, -0.15) is 0 Å². The number of nitro groups is 1. The third-order valence-corrected chi connectivity index (χ3v) is 7.56. The van der Waals surface area contributed by atoms with Crippen molar-refractivity contribution in [1.29, 1.82) is 0 Å². The molecule has 3 aromatic rings. The molecule has 1 saturated heterocycles. The van der Waals surface area contributed by atoms with E-state index in [4.69, 9.17) is 9.47 Å². The molecule has 44 heavy (non-hydrogen) atoms. The Labute approximate surface area is 256 Å². The second-order valence-electron chi connectivity index (χ2n) is 12.0. The second-order valence-corrected chi connectivity index (χ2v) is 12.0. The molecule has 234 valence electrons. The van der Waals surface area contributed by atoms with Crippen LogP contribution in [-0.2, 0) is 25.5 Å². The fourth-order valence-corrected chi connectivity index (χ4v) is 5.40. The number of nitrogens with zero attached hydrogens (tertiary/aromatic N) is 3. The van der Waals surface area contributed by atoms with Crippen molar-refractivity contribution in [2.24, 2.45) is 5.92 Å². The van der Waals surface area contributed by atoms with Crippen LogP contribution in [0.25, 0.3) is 10.9 Å². The van der Waals surface area contributed by atoms with E-state index in [9.17, 15) is 24.5 Å². The predicted molar refractivity (Wildman–Crippen MR) is 165 cm³/mol. The first-order chi connectivity index (χ1) is 20.9. The van der Waals surface area contributed by atoms with Gasteiger partial charge in [-0.15, -0.1) is 0 Å². The summed E-state index contributed by atoms with van der Waals surface area (Å²) in [5, 5.41) is 17.7. The van der Waals surface area contributed by atoms with Crippen LogP contribution in [0.1, 0.15) is 46.1 Å². The van der Waals surface area contributed by atoms with Crippen molar-refractivity contribution < 1.29 is 28.8 Å². The van der Waals surface area contributed by atoms with Crippen LogP contribution in [0, 0.1) is 16.0 Å². The van der Waals surface area contributed by atoms with Crippen LogP contribution in [0.15, 0.2) is 60.8 Å². The number of non-ortho nitro benzene ring substituents is 1. The van der Waals surface area contributed by atoms with E-state index in [0.29, 0.717) is 24.2 Å². The average molecular weight is 606 g/mol. The quantitative estimate of drug-likeness (QED) is 0.245. The Hall–Kier alpha value is -4.58. The molecule has 2 heterocycles. The number of anilines is 1. The lowest BCUT2D eigenvalue weighted by Crippen LogP contribution is -2.53. The number of rotatable bonds is 10. The molecular formula is C32H39N5O7. The molecule has 12 nitrogen and oxygen atoms in total. The number of carbonyl (C=O) groups is 3. The van der Waals surface area contributed by atoms with Gasteiger partial charge in [0, 0.05) is 37.6 Å². The SMILES string of the molecule is CO[C@H]([C@@H](C)C(=O)NC(Cc1ccc([N+](=O)[O-])cc1)C(=O)Nc1cnc2ccccc2c1)[C@@H]1CCCN1C(=O)OC(C)(C)C. The lowest BCUT2D eigenvalue weighted by Gasteiger charge is -2.35. The number of benzene rings is 2. The highest BCUT2D eigenvalue weighted by molar-refractivity contribution is 5.98. The summed E-state index contributed by atoms with van der Waals surface area (Å²) >= 11 is 0. The van der Waals surface area contributed by atoms with Gasteiger partial charge < -0.3 is 25.0 Å². The molecule has 3 amide bonds. The van der Waals surface area contributed by atoms with Gasteiger partial charge in [0.15, 0.2) is 0 Å². The maximum atomic E-state index is 13.7. The van der Waals surface area contributed by atoms with Crippen LogP contribution in [0.3, 0.4) is 0 Å². The molecule has 2 aromatic carbocycles. The summed E-state index contributed by atoms with van der Waals surface area (Å²) in [6, 6.07) is 13.7. The fraction of sp³-hybridized carbons (Fsp3) is 0.438. The Morgan fingerprint density at radius 2 is 1.82 bits per heavy atom. The summed E-state index contributed by atoms with van der Waals surface area (Å²) in [5.74, 6) is -1.65. The Bertz CT molecular complexity index is 1500. The number of para-hydroxylation sites is 1. The molecule has 0 saturated carbocycles. The summed E-state index contributed by atoms with van der Waals surface area (Å²) < 4.78 is 11.4. The maximum Gasteiger partial charge on any atom is 0.410 e. The van der Waals surface area contributed by atoms with E-state index in [1.165, 1.54) is 19.2 Å². The number of hydrogen-bond donors (Lipinski definition) is 2. The normalized spacial score (nSPS) is 17.0. The van der Waals surface area contributed by atoms with Crippen LogP contribution in [0.2, 0.25) is 0 Å². The molecule has 0 radical (unpaired) electrons. The van der Waals surface area contributed by atoms with Gasteiger partial charge in [-0.1, -0.05) is 37.3 Å². The van der Waals surface area contributed by atoms with Gasteiger partial charge in [0.1, 0.15) is 11.6 Å². The first-order valence-electron chi connectivity index (χ1n) is 14.6. The molecule has 1 unspecified atom stereocenters. The Balaban J connectivity index is 1.53. The minimum Gasteiger partial charge on any atom is -0.444 e. The third-order valence-electron chi connectivity index (χ3n) is 7.56. The first-order valence-corrected chi connectivity index (χ1v) is 14.6. The Morgan fingerprint density at radius 1 is 1.11 bits per heavy atom. The Kier molecular flexibility index (Phi) is 10.1. The van der Waals surface area contributed by atoms with Crippen molar-refractivity contribution in [3.05, 3.63) is 76.5 Å². The number of methoxy groups -OCH3 is 1. The number of likely N-dealkylation sites (tertiary alicyclic amines) is 1. The highest BCUT2D eigenvalue weighted by Gasteiger charge is 2.42. The maximum absolute atomic E-state index is 13.7. The van der Waals surface area contributed by atoms with Crippen molar-refractivity contribution >= 4 is 40.2 Å². The van der Waals surface area contributed by atoms with Gasteiger partial charge in [-0.05, 0) is 51.3 Å². The number of hydrogen-bond acceptors (Lipinski definition) is 8. The van der Waals surface area contributed by atoms with Gasteiger partial charge in [-0.3, -0.25) is 24.7 Å². The zero-order chi connectivity index (χ0) is 32.0. The highest BCUT2D eigenvalue weighted by Crippen LogP contribution is 2.28. The molecule has 1 aromatic heterocycles. The fourth-order valence-electron chi connectivity index (χ4n) is 5.40. The average Bonchev–Trinajstić information content (AvgIpc) is 3.46. The summed E-state index contributed by atoms with van der Waals surface area (Å²) in [6.45, 7) is 7.57. The molecule has 0 bridgehead atoms. The summed E-state index contributed by atoms with van der Waals surface area (Å²) in [5.41, 5.74) is 1.10. The monoisotopic (exact) mass is 605 g/mol. The number of nitro benzene ring substituents is 1. The largest absolute Gasteiger partial charge is 0.444 e. The zero-order valence-corrected chi connectivity index (χ0v) is 25.6. The molecule has 0 spiro atoms. The van der Waals surface area contributed by atoms with E-state index in [-0.39, 0.29) is 18.2 Å². The molecule has 4 rings (SSSR count). The summed E-state index contributed by atoms with van der Waals surface area (Å²) in [4.78, 5) is 56.8. The molecule has 1 aliphatic heterocycles. The standard InChI is InChI=1S/C32H39N5O7/c1-20(28(43-5)27-11-8-16-36(27)31(40)44-32(2,3)4)29(38)35-26(17-21-12-14-24(15-13-21)37(41)42)30(39)34-23-18-22-9-6-7-10-25(22)33-19-23/h6-7,9-10,12-15,18-20,26-28H,8,11,16-17H2,1-5H3,(H,34,39)(H,35,38)/t20-,26?,27+,28-/m1/s1. The van der Waals surface area contributed by atoms with Crippen molar-refractivity contribution in [1.82, 2.24) is 15.2 Å². The number of carbonyl (C=O) groups excluding carboxylic acids is 3. The van der Waals surface area contributed by atoms with Crippen LogP contribution in [-0.4, -0.2) is 70.2 Å². The molecule has 0 aliphatic carbocycles. The summed E-state index contributed by atoms with van der Waals surface area (Å²) in [7, 11) is 1.49. The molecular weight excluding hydrogens is 566 g/mol. The van der Waals surface area contributed by atoms with Gasteiger partial charge in [0.25, 0.3) is 5.69 Å². The van der Waals surface area contributed by atoms with E-state index < -0.39 is 46.5 Å². The lowest BCUT2D eigenvalue weighted by molar-refractivity contribution is -0.384. The van der Waals surface area contributed by atoms with Crippen molar-refractivity contribution in [3.8, 4) is 0 Å². The van der Waals surface area contributed by atoms with E-state index in [1.54, 1.807) is 57.0 Å². The lowest BCUT2D eigenvalue weighted by atomic mass is 9.94. The van der Waals surface area contributed by atoms with Crippen molar-refractivity contribution in [2.75, 3.05) is 19.0 Å². The Morgan fingerprint density at radius 3 is 2.48 bits per heavy atom. The summed E-state index contributed by atoms with van der Waals surface area (Å²) in [6.07, 6.45) is 1.88. The number of pyridine rings is 1. The molecule has 4 atom stereocenters.